The lowest BCUT2D eigenvalue weighted by Gasteiger charge is -2.25. The molecule has 0 spiro atoms. The third kappa shape index (κ3) is 7.09. The number of carbonyl (C=O) groups excluding carboxylic acids is 1. The van der Waals surface area contributed by atoms with Gasteiger partial charge in [-0.1, -0.05) is 109 Å². The first kappa shape index (κ1) is 24.8. The van der Waals surface area contributed by atoms with Crippen molar-refractivity contribution in [2.45, 2.75) is 12.3 Å². The van der Waals surface area contributed by atoms with Crippen molar-refractivity contribution >= 4 is 17.8 Å². The Morgan fingerprint density at radius 2 is 1.44 bits per heavy atom. The van der Waals surface area contributed by atoms with Crippen LogP contribution >= 0.6 is 0 Å². The Balaban J connectivity index is 1.53. The van der Waals surface area contributed by atoms with Gasteiger partial charge in [-0.25, -0.2) is 4.79 Å². The fourth-order valence-electron chi connectivity index (χ4n) is 4.24. The van der Waals surface area contributed by atoms with Gasteiger partial charge in [-0.3, -0.25) is 0 Å². The quantitative estimate of drug-likeness (QED) is 0.258. The number of urea groups is 1. The van der Waals surface area contributed by atoms with Crippen molar-refractivity contribution in [3.05, 3.63) is 138 Å². The molecule has 0 heterocycles. The molecule has 0 aromatic heterocycles. The zero-order chi connectivity index (χ0) is 25.0. The average molecular weight is 477 g/mol. The second-order valence-corrected chi connectivity index (χ2v) is 8.58. The number of nitrogens with one attached hydrogen (secondary N) is 1. The van der Waals surface area contributed by atoms with Crippen LogP contribution in [0.15, 0.2) is 121 Å². The van der Waals surface area contributed by atoms with Crippen LogP contribution in [0.3, 0.4) is 0 Å². The summed E-state index contributed by atoms with van der Waals surface area (Å²) in [5, 5.41) is 3.04. The molecule has 4 nitrogen and oxygen atoms in total. The topological polar surface area (TPSA) is 41.6 Å². The van der Waals surface area contributed by atoms with Gasteiger partial charge in [-0.05, 0) is 35.2 Å². The molecular formula is C32H32N2O2. The largest absolute Gasteiger partial charge is 0.497 e. The van der Waals surface area contributed by atoms with Gasteiger partial charge in [0, 0.05) is 30.8 Å². The summed E-state index contributed by atoms with van der Waals surface area (Å²) >= 11 is 0. The lowest BCUT2D eigenvalue weighted by atomic mass is 9.88. The highest BCUT2D eigenvalue weighted by Crippen LogP contribution is 2.28. The maximum absolute atomic E-state index is 13.4. The van der Waals surface area contributed by atoms with Gasteiger partial charge >= 0.3 is 6.03 Å². The zero-order valence-corrected chi connectivity index (χ0v) is 20.6. The molecule has 1 N–H and O–H groups in total. The Morgan fingerprint density at radius 1 is 0.833 bits per heavy atom. The van der Waals surface area contributed by atoms with E-state index >= 15 is 0 Å². The zero-order valence-electron chi connectivity index (χ0n) is 20.6. The molecule has 0 aliphatic rings. The minimum Gasteiger partial charge on any atom is -0.497 e. The first-order chi connectivity index (χ1) is 17.7. The van der Waals surface area contributed by atoms with Crippen LogP contribution in [0.4, 0.5) is 10.5 Å². The Hall–Kier alpha value is -4.31. The standard InChI is InChI=1S/C32H32N2O2/c1-36-30-21-11-20-29(25-30)33-32(35)34(23-12-15-26-13-5-2-6-14-26)24-22-31(27-16-7-3-8-17-27)28-18-9-4-10-19-28/h2-21,25,31H,22-24H2,1H3,(H,33,35). The third-order valence-electron chi connectivity index (χ3n) is 6.14. The van der Waals surface area contributed by atoms with Crippen LogP contribution in [0.25, 0.3) is 6.08 Å². The van der Waals surface area contributed by atoms with Crippen LogP contribution in [0, 0.1) is 0 Å². The average Bonchev–Trinajstić information content (AvgIpc) is 2.94. The lowest BCUT2D eigenvalue weighted by molar-refractivity contribution is 0.216. The van der Waals surface area contributed by atoms with E-state index in [1.165, 1.54) is 11.1 Å². The number of anilines is 1. The maximum atomic E-state index is 13.4. The van der Waals surface area contributed by atoms with Crippen LogP contribution in [-0.2, 0) is 0 Å². The first-order valence-corrected chi connectivity index (χ1v) is 12.2. The number of hydrogen-bond acceptors (Lipinski definition) is 2. The Labute approximate surface area is 213 Å². The highest BCUT2D eigenvalue weighted by Gasteiger charge is 2.18. The molecule has 0 bridgehead atoms. The molecule has 0 saturated carbocycles. The molecule has 0 atom stereocenters. The van der Waals surface area contributed by atoms with E-state index in [0.29, 0.717) is 24.5 Å². The van der Waals surface area contributed by atoms with E-state index in [-0.39, 0.29) is 11.9 Å². The highest BCUT2D eigenvalue weighted by atomic mass is 16.5. The van der Waals surface area contributed by atoms with Crippen molar-refractivity contribution in [2.75, 3.05) is 25.5 Å². The Morgan fingerprint density at radius 3 is 2.06 bits per heavy atom. The van der Waals surface area contributed by atoms with Crippen molar-refractivity contribution in [1.29, 1.82) is 0 Å². The van der Waals surface area contributed by atoms with Gasteiger partial charge < -0.3 is 15.0 Å². The number of ether oxygens (including phenoxy) is 1. The fourth-order valence-corrected chi connectivity index (χ4v) is 4.24. The predicted octanol–water partition coefficient (Wildman–Crippen LogP) is 7.46. The van der Waals surface area contributed by atoms with Gasteiger partial charge in [-0.15, -0.1) is 0 Å². The molecular weight excluding hydrogens is 444 g/mol. The second kappa shape index (κ2) is 13.0. The minimum atomic E-state index is -0.138. The molecule has 0 radical (unpaired) electrons. The predicted molar refractivity (Wildman–Crippen MR) is 148 cm³/mol. The Bertz CT molecular complexity index is 1200. The molecule has 4 aromatic rings. The maximum Gasteiger partial charge on any atom is 0.322 e. The molecule has 0 aliphatic carbocycles. The number of rotatable bonds is 10. The van der Waals surface area contributed by atoms with Gasteiger partial charge in [0.1, 0.15) is 5.75 Å². The molecule has 36 heavy (non-hydrogen) atoms. The number of amides is 2. The minimum absolute atomic E-state index is 0.138. The third-order valence-corrected chi connectivity index (χ3v) is 6.14. The van der Waals surface area contributed by atoms with Gasteiger partial charge in [0.2, 0.25) is 0 Å². The van der Waals surface area contributed by atoms with E-state index in [4.69, 9.17) is 4.74 Å². The molecule has 2 amide bonds. The summed E-state index contributed by atoms with van der Waals surface area (Å²) in [6.07, 6.45) is 4.90. The summed E-state index contributed by atoms with van der Waals surface area (Å²) in [5.41, 5.74) is 4.31. The molecule has 4 aromatic carbocycles. The van der Waals surface area contributed by atoms with Crippen LogP contribution in [-0.4, -0.2) is 31.1 Å². The SMILES string of the molecule is COc1cccc(NC(=O)N(CC=Cc2ccccc2)CCC(c2ccccc2)c2ccccc2)c1. The van der Waals surface area contributed by atoms with E-state index < -0.39 is 0 Å². The first-order valence-electron chi connectivity index (χ1n) is 12.2. The summed E-state index contributed by atoms with van der Waals surface area (Å²) in [6, 6.07) is 38.4. The van der Waals surface area contributed by atoms with Gasteiger partial charge in [0.05, 0.1) is 7.11 Å². The van der Waals surface area contributed by atoms with Gasteiger partial charge in [-0.2, -0.15) is 0 Å². The van der Waals surface area contributed by atoms with Crippen molar-refractivity contribution in [2.24, 2.45) is 0 Å². The number of benzene rings is 4. The molecule has 4 rings (SSSR count). The van der Waals surface area contributed by atoms with E-state index in [1.807, 2.05) is 65.6 Å². The van der Waals surface area contributed by atoms with Crippen LogP contribution in [0.2, 0.25) is 0 Å². The van der Waals surface area contributed by atoms with E-state index in [1.54, 1.807) is 7.11 Å². The monoisotopic (exact) mass is 476 g/mol. The fraction of sp³-hybridized carbons (Fsp3) is 0.156. The molecule has 0 saturated heterocycles. The number of hydrogen-bond donors (Lipinski definition) is 1. The smallest absolute Gasteiger partial charge is 0.322 e. The summed E-state index contributed by atoms with van der Waals surface area (Å²) in [6.45, 7) is 1.10. The van der Waals surface area contributed by atoms with E-state index in [9.17, 15) is 4.79 Å². The lowest BCUT2D eigenvalue weighted by Crippen LogP contribution is -2.36. The van der Waals surface area contributed by atoms with Crippen LogP contribution < -0.4 is 10.1 Å². The molecule has 0 aliphatic heterocycles. The van der Waals surface area contributed by atoms with Crippen LogP contribution in [0.1, 0.15) is 29.0 Å². The van der Waals surface area contributed by atoms with E-state index in [2.05, 4.69) is 72.1 Å². The summed E-state index contributed by atoms with van der Waals surface area (Å²) in [5.74, 6) is 0.897. The normalized spacial score (nSPS) is 10.9. The van der Waals surface area contributed by atoms with Crippen molar-refractivity contribution in [3.8, 4) is 5.75 Å². The molecule has 0 fully saturated rings. The molecule has 4 heteroatoms. The van der Waals surface area contributed by atoms with Crippen molar-refractivity contribution in [3.63, 3.8) is 0 Å². The number of carbonyl (C=O) groups is 1. The highest BCUT2D eigenvalue weighted by molar-refractivity contribution is 5.89. The summed E-state index contributed by atoms with van der Waals surface area (Å²) in [7, 11) is 1.62. The van der Waals surface area contributed by atoms with Gasteiger partial charge in [0.25, 0.3) is 0 Å². The van der Waals surface area contributed by atoms with E-state index in [0.717, 1.165) is 12.0 Å². The van der Waals surface area contributed by atoms with Crippen molar-refractivity contribution in [1.82, 2.24) is 4.90 Å². The number of methoxy groups -OCH3 is 1. The van der Waals surface area contributed by atoms with Crippen molar-refractivity contribution < 1.29 is 9.53 Å². The Kier molecular flexibility index (Phi) is 8.93. The van der Waals surface area contributed by atoms with Crippen LogP contribution in [0.5, 0.6) is 5.75 Å². The number of nitrogens with zero attached hydrogens (tertiary/aromatic N) is 1. The summed E-state index contributed by atoms with van der Waals surface area (Å²) in [4.78, 5) is 15.2. The summed E-state index contributed by atoms with van der Waals surface area (Å²) < 4.78 is 5.31. The second-order valence-electron chi connectivity index (χ2n) is 8.58. The molecule has 182 valence electrons. The van der Waals surface area contributed by atoms with Gasteiger partial charge in [0.15, 0.2) is 0 Å². The molecule has 0 unspecified atom stereocenters.